The van der Waals surface area contributed by atoms with Gasteiger partial charge in [-0.1, -0.05) is 11.8 Å². The second-order valence-electron chi connectivity index (χ2n) is 5.17. The van der Waals surface area contributed by atoms with Crippen molar-refractivity contribution in [2.45, 2.75) is 18.4 Å². The van der Waals surface area contributed by atoms with Gasteiger partial charge in [0.25, 0.3) is 0 Å². The van der Waals surface area contributed by atoms with Crippen molar-refractivity contribution < 1.29 is 24.6 Å². The number of hydrogen-bond donors (Lipinski definition) is 2. The number of carbonyl (C=O) groups is 2. The molecule has 24 heavy (non-hydrogen) atoms. The van der Waals surface area contributed by atoms with Crippen molar-refractivity contribution in [1.82, 2.24) is 9.37 Å². The van der Waals surface area contributed by atoms with Crippen LogP contribution < -0.4 is 0 Å². The summed E-state index contributed by atoms with van der Waals surface area (Å²) in [5.74, 6) is -0.558. The Morgan fingerprint density at radius 3 is 2.88 bits per heavy atom. The van der Waals surface area contributed by atoms with E-state index in [1.165, 1.54) is 40.4 Å². The maximum absolute atomic E-state index is 12.1. The molecule has 0 aromatic rings. The monoisotopic (exact) mass is 388 g/mol. The summed E-state index contributed by atoms with van der Waals surface area (Å²) < 4.78 is 2.24. The first-order valence-corrected chi connectivity index (χ1v) is 10.0. The number of fused-ring (bicyclic) bond motifs is 1. The number of aliphatic hydroxyl groups is 1. The molecule has 1 unspecified atom stereocenters. The van der Waals surface area contributed by atoms with Crippen LogP contribution in [0.4, 0.5) is 0 Å². The van der Waals surface area contributed by atoms with Crippen LogP contribution in [-0.4, -0.2) is 54.4 Å². The number of β-lactam (4-membered cyclic amide) rings is 1. The number of allylic oxidation sites excluding steroid dienone is 2. The van der Waals surface area contributed by atoms with Gasteiger partial charge in [-0.05, 0) is 31.0 Å². The van der Waals surface area contributed by atoms with E-state index in [9.17, 15) is 19.8 Å². The van der Waals surface area contributed by atoms with E-state index in [0.717, 1.165) is 5.75 Å². The molecule has 0 aliphatic carbocycles. The molecule has 7 nitrogen and oxygen atoms in total. The van der Waals surface area contributed by atoms with Gasteiger partial charge in [-0.2, -0.15) is 4.47 Å². The van der Waals surface area contributed by atoms with Crippen LogP contribution in [-0.2, 0) is 14.4 Å². The lowest BCUT2D eigenvalue weighted by molar-refractivity contribution is -0.156. The maximum Gasteiger partial charge on any atom is 0.354 e. The highest BCUT2D eigenvalue weighted by atomic mass is 32.2. The van der Waals surface area contributed by atoms with Crippen LogP contribution in [0.25, 0.3) is 0 Å². The number of carboxylic acid groups (broad SMARTS) is 1. The van der Waals surface area contributed by atoms with E-state index in [1.807, 2.05) is 6.08 Å². The Morgan fingerprint density at radius 2 is 2.25 bits per heavy atom. The van der Waals surface area contributed by atoms with Gasteiger partial charge in [0.15, 0.2) is 5.70 Å². The molecule has 1 saturated heterocycles. The molecule has 0 spiro atoms. The third kappa shape index (κ3) is 3.28. The van der Waals surface area contributed by atoms with Crippen molar-refractivity contribution in [3.8, 4) is 0 Å². The lowest BCUT2D eigenvalue weighted by Gasteiger charge is -2.43. The fourth-order valence-corrected chi connectivity index (χ4v) is 6.21. The Hall–Kier alpha value is -1.23. The SMILES string of the molecule is CC(O)[C@H]1C(=O)N2C(C(=O)O)=C(SCCSN3C=CC=CO3)S[C@H]12. The predicted molar refractivity (Wildman–Crippen MR) is 94.2 cm³/mol. The highest BCUT2D eigenvalue weighted by Gasteiger charge is 2.57. The Balaban J connectivity index is 1.56. The van der Waals surface area contributed by atoms with Gasteiger partial charge in [-0.3, -0.25) is 9.69 Å². The molecular formula is C14H16N2O5S3. The van der Waals surface area contributed by atoms with Crippen LogP contribution in [0, 0.1) is 5.92 Å². The third-order valence-electron chi connectivity index (χ3n) is 3.57. The highest BCUT2D eigenvalue weighted by molar-refractivity contribution is 8.23. The largest absolute Gasteiger partial charge is 0.477 e. The van der Waals surface area contributed by atoms with E-state index < -0.39 is 18.0 Å². The van der Waals surface area contributed by atoms with E-state index in [0.29, 0.717) is 9.99 Å². The summed E-state index contributed by atoms with van der Waals surface area (Å²) >= 11 is 4.23. The molecule has 2 N–H and O–H groups in total. The summed E-state index contributed by atoms with van der Waals surface area (Å²) in [6.07, 6.45) is 6.22. The van der Waals surface area contributed by atoms with Crippen molar-refractivity contribution in [3.63, 3.8) is 0 Å². The Morgan fingerprint density at radius 1 is 1.46 bits per heavy atom. The Kier molecular flexibility index (Phi) is 5.38. The number of aliphatic carboxylic acids is 1. The number of nitrogens with zero attached hydrogens (tertiary/aromatic N) is 2. The van der Waals surface area contributed by atoms with Gasteiger partial charge < -0.3 is 15.1 Å². The topological polar surface area (TPSA) is 90.3 Å². The summed E-state index contributed by atoms with van der Waals surface area (Å²) in [7, 11) is 0. The number of thioether (sulfide) groups is 2. The van der Waals surface area contributed by atoms with Crippen LogP contribution >= 0.6 is 35.5 Å². The molecule has 0 saturated carbocycles. The molecule has 0 radical (unpaired) electrons. The Labute approximate surface area is 151 Å². The van der Waals surface area contributed by atoms with Gasteiger partial charge >= 0.3 is 5.97 Å². The Bertz CT molecular complexity index is 634. The van der Waals surface area contributed by atoms with Gasteiger partial charge in [-0.25, -0.2) is 4.79 Å². The standard InChI is InChI=1S/C14H16N2O5S3/c1-8(17)9-11(18)16-10(13(19)20)14(24-12(9)16)22-6-7-23-15-4-2-3-5-21-15/h2-5,8-9,12,17H,6-7H2,1H3,(H,19,20)/t8?,9-,12+/m0/s1. The van der Waals surface area contributed by atoms with Crippen LogP contribution in [0.15, 0.2) is 34.5 Å². The zero-order valence-corrected chi connectivity index (χ0v) is 15.1. The number of aliphatic hydroxyl groups excluding tert-OH is 1. The van der Waals surface area contributed by atoms with Crippen molar-refractivity contribution in [3.05, 3.63) is 34.5 Å². The van der Waals surface area contributed by atoms with Crippen molar-refractivity contribution in [2.24, 2.45) is 5.92 Å². The van der Waals surface area contributed by atoms with Gasteiger partial charge in [0.1, 0.15) is 11.6 Å². The van der Waals surface area contributed by atoms with Crippen LogP contribution in [0.5, 0.6) is 0 Å². The van der Waals surface area contributed by atoms with Crippen molar-refractivity contribution >= 4 is 47.3 Å². The van der Waals surface area contributed by atoms with Gasteiger partial charge in [0.2, 0.25) is 5.91 Å². The zero-order chi connectivity index (χ0) is 17.3. The molecule has 1 amide bonds. The van der Waals surface area contributed by atoms with Crippen LogP contribution in [0.1, 0.15) is 6.92 Å². The summed E-state index contributed by atoms with van der Waals surface area (Å²) in [4.78, 5) is 30.1. The normalized spacial score (nSPS) is 26.3. The first kappa shape index (κ1) is 17.6. The number of rotatable bonds is 7. The maximum atomic E-state index is 12.1. The second-order valence-corrected chi connectivity index (χ2v) is 8.68. The molecule has 0 bridgehead atoms. The van der Waals surface area contributed by atoms with Crippen LogP contribution in [0.3, 0.4) is 0 Å². The number of carbonyl (C=O) groups excluding carboxylic acids is 1. The molecule has 0 aromatic carbocycles. The minimum absolute atomic E-state index is 0.0407. The van der Waals surface area contributed by atoms with Gasteiger partial charge in [0, 0.05) is 11.5 Å². The molecule has 3 aliphatic rings. The number of hydroxylamine groups is 1. The molecular weight excluding hydrogens is 372 g/mol. The predicted octanol–water partition coefficient (Wildman–Crippen LogP) is 1.81. The summed E-state index contributed by atoms with van der Waals surface area (Å²) in [6, 6.07) is 0. The average Bonchev–Trinajstić information content (AvgIpc) is 2.86. The second kappa shape index (κ2) is 7.34. The molecule has 0 aromatic heterocycles. The lowest BCUT2D eigenvalue weighted by Crippen LogP contribution is -2.60. The van der Waals surface area contributed by atoms with E-state index in [2.05, 4.69) is 0 Å². The number of hydrogen-bond acceptors (Lipinski definition) is 8. The highest BCUT2D eigenvalue weighted by Crippen LogP contribution is 2.53. The van der Waals surface area contributed by atoms with Gasteiger partial charge in [0.05, 0.1) is 22.5 Å². The number of amides is 1. The van der Waals surface area contributed by atoms with E-state index >= 15 is 0 Å². The molecule has 130 valence electrons. The van der Waals surface area contributed by atoms with Crippen LogP contribution in [0.2, 0.25) is 0 Å². The smallest absolute Gasteiger partial charge is 0.354 e. The molecule has 3 heterocycles. The third-order valence-corrected chi connectivity index (χ3v) is 7.33. The minimum Gasteiger partial charge on any atom is -0.477 e. The zero-order valence-electron chi connectivity index (χ0n) is 12.7. The van der Waals surface area contributed by atoms with Crippen molar-refractivity contribution in [2.75, 3.05) is 11.5 Å². The lowest BCUT2D eigenvalue weighted by atomic mass is 9.92. The molecule has 3 rings (SSSR count). The first-order valence-electron chi connectivity index (χ1n) is 7.21. The van der Waals surface area contributed by atoms with Gasteiger partial charge in [-0.15, -0.1) is 11.8 Å². The quantitative estimate of drug-likeness (QED) is 0.385. The fraction of sp³-hybridized carbons (Fsp3) is 0.429. The minimum atomic E-state index is -1.11. The molecule has 3 aliphatic heterocycles. The molecule has 3 atom stereocenters. The summed E-state index contributed by atoms with van der Waals surface area (Å²) in [5, 5.41) is 18.8. The van der Waals surface area contributed by atoms with E-state index in [-0.39, 0.29) is 17.0 Å². The molecule has 10 heteroatoms. The van der Waals surface area contributed by atoms with E-state index in [1.54, 1.807) is 29.9 Å². The van der Waals surface area contributed by atoms with Crippen molar-refractivity contribution in [1.29, 1.82) is 0 Å². The summed E-state index contributed by atoms with van der Waals surface area (Å²) in [5.41, 5.74) is 0.0407. The fourth-order valence-electron chi connectivity index (χ4n) is 2.48. The first-order chi connectivity index (χ1) is 11.5. The number of carboxylic acids is 1. The average molecular weight is 388 g/mol. The summed E-state index contributed by atoms with van der Waals surface area (Å²) in [6.45, 7) is 1.56. The van der Waals surface area contributed by atoms with E-state index in [4.69, 9.17) is 4.84 Å². The molecule has 1 fully saturated rings.